The third-order valence-corrected chi connectivity index (χ3v) is 3.10. The van der Waals surface area contributed by atoms with Gasteiger partial charge < -0.3 is 15.4 Å². The summed E-state index contributed by atoms with van der Waals surface area (Å²) in [6.45, 7) is 6.96. The normalized spacial score (nSPS) is 16.1. The van der Waals surface area contributed by atoms with Crippen LogP contribution in [0.3, 0.4) is 0 Å². The molecule has 0 unspecified atom stereocenters. The van der Waals surface area contributed by atoms with E-state index in [1.807, 2.05) is 7.05 Å². The summed E-state index contributed by atoms with van der Waals surface area (Å²) < 4.78 is 5.15. The van der Waals surface area contributed by atoms with Gasteiger partial charge in [0, 0.05) is 46.4 Å². The van der Waals surface area contributed by atoms with Crippen LogP contribution in [0.1, 0.15) is 26.2 Å². The molecular formula is C13H28N4O. The van der Waals surface area contributed by atoms with Gasteiger partial charge in [0.1, 0.15) is 0 Å². The molecule has 0 aliphatic heterocycles. The van der Waals surface area contributed by atoms with Crippen LogP contribution in [0.2, 0.25) is 0 Å². The van der Waals surface area contributed by atoms with Crippen molar-refractivity contribution in [3.05, 3.63) is 0 Å². The molecule has 0 atom stereocenters. The highest BCUT2D eigenvalue weighted by atomic mass is 16.5. The van der Waals surface area contributed by atoms with Crippen molar-refractivity contribution < 1.29 is 4.74 Å². The molecular weight excluding hydrogens is 228 g/mol. The fourth-order valence-electron chi connectivity index (χ4n) is 1.91. The summed E-state index contributed by atoms with van der Waals surface area (Å²) >= 11 is 0. The molecule has 0 aromatic heterocycles. The predicted molar refractivity (Wildman–Crippen MR) is 76.1 cm³/mol. The van der Waals surface area contributed by atoms with E-state index in [2.05, 4.69) is 27.4 Å². The minimum atomic E-state index is 0.785. The van der Waals surface area contributed by atoms with Crippen LogP contribution < -0.4 is 10.6 Å². The van der Waals surface area contributed by atoms with Gasteiger partial charge in [-0.15, -0.1) is 0 Å². The second kappa shape index (κ2) is 9.16. The number of guanidine groups is 1. The zero-order chi connectivity index (χ0) is 13.2. The lowest BCUT2D eigenvalue weighted by Gasteiger charge is -2.22. The molecule has 106 valence electrons. The van der Waals surface area contributed by atoms with Crippen molar-refractivity contribution >= 4 is 5.96 Å². The van der Waals surface area contributed by atoms with Gasteiger partial charge >= 0.3 is 0 Å². The van der Waals surface area contributed by atoms with Gasteiger partial charge in [-0.05, 0) is 19.3 Å². The second-order valence-electron chi connectivity index (χ2n) is 4.69. The van der Waals surface area contributed by atoms with Gasteiger partial charge in [0.15, 0.2) is 5.96 Å². The molecule has 1 aliphatic rings. The molecule has 0 saturated heterocycles. The lowest BCUT2D eigenvalue weighted by atomic mass is 10.4. The molecule has 0 bridgehead atoms. The van der Waals surface area contributed by atoms with Crippen molar-refractivity contribution in [3.63, 3.8) is 0 Å². The minimum Gasteiger partial charge on any atom is -0.383 e. The molecule has 0 radical (unpaired) electrons. The van der Waals surface area contributed by atoms with Crippen molar-refractivity contribution in [2.24, 2.45) is 4.99 Å². The third-order valence-electron chi connectivity index (χ3n) is 3.10. The van der Waals surface area contributed by atoms with Crippen LogP contribution in [-0.2, 0) is 4.74 Å². The van der Waals surface area contributed by atoms with E-state index in [9.17, 15) is 0 Å². The van der Waals surface area contributed by atoms with E-state index in [-0.39, 0.29) is 0 Å². The first-order chi connectivity index (χ1) is 8.81. The van der Waals surface area contributed by atoms with Crippen molar-refractivity contribution in [1.29, 1.82) is 0 Å². The molecule has 1 aliphatic carbocycles. The zero-order valence-corrected chi connectivity index (χ0v) is 12.0. The van der Waals surface area contributed by atoms with Crippen LogP contribution >= 0.6 is 0 Å². The van der Waals surface area contributed by atoms with Crippen molar-refractivity contribution in [2.45, 2.75) is 32.2 Å². The molecule has 18 heavy (non-hydrogen) atoms. The maximum Gasteiger partial charge on any atom is 0.191 e. The fourth-order valence-corrected chi connectivity index (χ4v) is 1.91. The van der Waals surface area contributed by atoms with Gasteiger partial charge in [-0.1, -0.05) is 6.92 Å². The smallest absolute Gasteiger partial charge is 0.191 e. The number of rotatable bonds is 9. The SMILES string of the molecule is CCCNC(=NC)NCCN(CCOC)C1CC1. The maximum atomic E-state index is 5.15. The van der Waals surface area contributed by atoms with Crippen molar-refractivity contribution in [1.82, 2.24) is 15.5 Å². The van der Waals surface area contributed by atoms with Crippen LogP contribution in [0.5, 0.6) is 0 Å². The van der Waals surface area contributed by atoms with Crippen LogP contribution in [0.4, 0.5) is 0 Å². The van der Waals surface area contributed by atoms with Gasteiger partial charge in [-0.3, -0.25) is 9.89 Å². The highest BCUT2D eigenvalue weighted by Crippen LogP contribution is 2.25. The summed E-state index contributed by atoms with van der Waals surface area (Å²) in [6, 6.07) is 0.785. The highest BCUT2D eigenvalue weighted by Gasteiger charge is 2.28. The summed E-state index contributed by atoms with van der Waals surface area (Å²) in [5, 5.41) is 6.63. The number of aliphatic imine (C=N–C) groups is 1. The van der Waals surface area contributed by atoms with Gasteiger partial charge in [0.2, 0.25) is 0 Å². The molecule has 0 heterocycles. The Labute approximate surface area is 111 Å². The number of hydrogen-bond donors (Lipinski definition) is 2. The largest absolute Gasteiger partial charge is 0.383 e. The lowest BCUT2D eigenvalue weighted by molar-refractivity contribution is 0.144. The number of ether oxygens (including phenoxy) is 1. The van der Waals surface area contributed by atoms with Crippen LogP contribution in [0, 0.1) is 0 Å². The summed E-state index contributed by atoms with van der Waals surface area (Å²) in [6.07, 6.45) is 3.79. The molecule has 5 nitrogen and oxygen atoms in total. The quantitative estimate of drug-likeness (QED) is 0.470. The zero-order valence-electron chi connectivity index (χ0n) is 12.0. The van der Waals surface area contributed by atoms with E-state index in [1.165, 1.54) is 12.8 Å². The predicted octanol–water partition coefficient (Wildman–Crippen LogP) is 0.672. The summed E-state index contributed by atoms with van der Waals surface area (Å²) in [5.41, 5.74) is 0. The first-order valence-corrected chi connectivity index (χ1v) is 6.99. The summed E-state index contributed by atoms with van der Waals surface area (Å²) in [4.78, 5) is 6.70. The molecule has 0 aromatic carbocycles. The van der Waals surface area contributed by atoms with E-state index >= 15 is 0 Å². The molecule has 1 rings (SSSR count). The molecule has 2 N–H and O–H groups in total. The Bertz CT molecular complexity index is 241. The Morgan fingerprint density at radius 1 is 1.28 bits per heavy atom. The second-order valence-corrected chi connectivity index (χ2v) is 4.69. The van der Waals surface area contributed by atoms with Gasteiger partial charge in [-0.25, -0.2) is 0 Å². The maximum absolute atomic E-state index is 5.15. The topological polar surface area (TPSA) is 48.9 Å². The summed E-state index contributed by atoms with van der Waals surface area (Å²) in [5.74, 6) is 0.902. The van der Waals surface area contributed by atoms with Crippen LogP contribution in [0.25, 0.3) is 0 Å². The van der Waals surface area contributed by atoms with E-state index in [0.29, 0.717) is 0 Å². The third kappa shape index (κ3) is 6.21. The number of nitrogens with zero attached hydrogens (tertiary/aromatic N) is 2. The highest BCUT2D eigenvalue weighted by molar-refractivity contribution is 5.79. The molecule has 0 spiro atoms. The van der Waals surface area contributed by atoms with E-state index in [1.54, 1.807) is 7.11 Å². The minimum absolute atomic E-state index is 0.785. The molecule has 0 aromatic rings. The lowest BCUT2D eigenvalue weighted by Crippen LogP contribution is -2.42. The Balaban J connectivity index is 2.16. The van der Waals surface area contributed by atoms with Crippen LogP contribution in [-0.4, -0.2) is 63.8 Å². The van der Waals surface area contributed by atoms with E-state index in [0.717, 1.165) is 51.2 Å². The molecule has 1 saturated carbocycles. The first kappa shape index (κ1) is 15.2. The number of methoxy groups -OCH3 is 1. The molecule has 1 fully saturated rings. The van der Waals surface area contributed by atoms with Gasteiger partial charge in [0.05, 0.1) is 6.61 Å². The van der Waals surface area contributed by atoms with Crippen molar-refractivity contribution in [3.8, 4) is 0 Å². The first-order valence-electron chi connectivity index (χ1n) is 6.99. The fraction of sp³-hybridized carbons (Fsp3) is 0.923. The standard InChI is InChI=1S/C13H28N4O/c1-4-7-15-13(14-2)16-8-9-17(10-11-18-3)12-5-6-12/h12H,4-11H2,1-3H3,(H2,14,15,16). The van der Waals surface area contributed by atoms with Gasteiger partial charge in [0.25, 0.3) is 0 Å². The Hall–Kier alpha value is -0.810. The Kier molecular flexibility index (Phi) is 7.76. The Morgan fingerprint density at radius 2 is 2.00 bits per heavy atom. The van der Waals surface area contributed by atoms with Crippen molar-refractivity contribution in [2.75, 3.05) is 46.9 Å². The Morgan fingerprint density at radius 3 is 2.56 bits per heavy atom. The van der Waals surface area contributed by atoms with Gasteiger partial charge in [-0.2, -0.15) is 0 Å². The summed E-state index contributed by atoms with van der Waals surface area (Å²) in [7, 11) is 3.58. The molecule has 0 amide bonds. The average molecular weight is 256 g/mol. The average Bonchev–Trinajstić information content (AvgIpc) is 3.21. The number of hydrogen-bond acceptors (Lipinski definition) is 3. The van der Waals surface area contributed by atoms with E-state index in [4.69, 9.17) is 4.74 Å². The van der Waals surface area contributed by atoms with Crippen LogP contribution in [0.15, 0.2) is 4.99 Å². The molecule has 5 heteroatoms. The monoisotopic (exact) mass is 256 g/mol. The number of nitrogens with one attached hydrogen (secondary N) is 2. The van der Waals surface area contributed by atoms with E-state index < -0.39 is 0 Å².